The minimum absolute atomic E-state index is 0.0463. The first-order valence-corrected chi connectivity index (χ1v) is 13.3. The molecule has 3 aliphatic rings. The molecule has 2 amide bonds. The number of esters is 3. The summed E-state index contributed by atoms with van der Waals surface area (Å²) < 4.78 is 38.5. The smallest absolute Gasteiger partial charge is 0.303 e. The van der Waals surface area contributed by atoms with E-state index >= 15 is 0 Å². The number of rotatable bonds is 9. The predicted molar refractivity (Wildman–Crippen MR) is 137 cm³/mol. The number of ether oxygens (including phenoxy) is 7. The number of methoxy groups -OCH3 is 1. The molecule has 0 radical (unpaired) electrons. The van der Waals surface area contributed by atoms with Crippen LogP contribution in [-0.4, -0.2) is 132 Å². The van der Waals surface area contributed by atoms with Gasteiger partial charge >= 0.3 is 17.9 Å². The fourth-order valence-electron chi connectivity index (χ4n) is 5.21. The first kappa shape index (κ1) is 32.4. The Labute approximate surface area is 245 Å². The molecule has 1 unspecified atom stereocenters. The van der Waals surface area contributed by atoms with Crippen molar-refractivity contribution in [1.29, 1.82) is 0 Å². The second kappa shape index (κ2) is 13.4. The van der Waals surface area contributed by atoms with E-state index in [2.05, 4.69) is 0 Å². The highest BCUT2D eigenvalue weighted by molar-refractivity contribution is 6.21. The third-order valence-corrected chi connectivity index (χ3v) is 7.12. The van der Waals surface area contributed by atoms with Crippen LogP contribution in [0.3, 0.4) is 0 Å². The maximum atomic E-state index is 13.6. The van der Waals surface area contributed by atoms with Gasteiger partial charge in [0, 0.05) is 27.9 Å². The average Bonchev–Trinajstić information content (AvgIpc) is 3.20. The molecule has 0 spiro atoms. The van der Waals surface area contributed by atoms with Crippen molar-refractivity contribution in [1.82, 2.24) is 4.90 Å². The lowest BCUT2D eigenvalue weighted by Gasteiger charge is -2.47. The molecule has 10 atom stereocenters. The van der Waals surface area contributed by atoms with Gasteiger partial charge in [0.1, 0.15) is 43.2 Å². The average molecular weight is 612 g/mol. The van der Waals surface area contributed by atoms with E-state index in [0.29, 0.717) is 0 Å². The number of aliphatic hydroxyl groups excluding tert-OH is 3. The molecule has 0 saturated carbocycles. The van der Waals surface area contributed by atoms with Gasteiger partial charge in [0.25, 0.3) is 11.8 Å². The molecule has 4 rings (SSSR count). The minimum atomic E-state index is -1.69. The van der Waals surface area contributed by atoms with Crippen LogP contribution in [-0.2, 0) is 47.5 Å². The maximum absolute atomic E-state index is 13.6. The van der Waals surface area contributed by atoms with Gasteiger partial charge in [-0.05, 0) is 12.1 Å². The van der Waals surface area contributed by atoms with Gasteiger partial charge in [-0.3, -0.25) is 28.9 Å². The van der Waals surface area contributed by atoms with Crippen molar-refractivity contribution in [3.8, 4) is 0 Å². The van der Waals surface area contributed by atoms with Crippen molar-refractivity contribution in [3.63, 3.8) is 0 Å². The Morgan fingerprint density at radius 2 is 1.33 bits per heavy atom. The molecule has 1 aromatic rings. The van der Waals surface area contributed by atoms with Crippen LogP contribution in [0.5, 0.6) is 0 Å². The third-order valence-electron chi connectivity index (χ3n) is 7.12. The second-order valence-corrected chi connectivity index (χ2v) is 10.1. The lowest BCUT2D eigenvalue weighted by Crippen LogP contribution is -2.68. The van der Waals surface area contributed by atoms with Gasteiger partial charge in [-0.1, -0.05) is 12.1 Å². The molecule has 0 aromatic heterocycles. The Morgan fingerprint density at radius 1 is 0.767 bits per heavy atom. The number of amides is 2. The van der Waals surface area contributed by atoms with Crippen LogP contribution in [0.4, 0.5) is 0 Å². The standard InChI is InChI=1S/C27H33NO15/c1-11(29)38-10-17-22(40-12(2)30)23(41-13(3)31)18(28-24(35)14-7-5-6-8-15(14)25(28)36)26(43-17)39-9-16-19(32)20(33)21(34)27(37-4)42-16/h5-8,16-23,26-27,32-34H,9-10H2,1-4H3/t16-,17-,18?,19+,20+,21-,22-,23-,26-,27-/m1/s1. The topological polar surface area (TPSA) is 214 Å². The van der Waals surface area contributed by atoms with Crippen molar-refractivity contribution in [2.45, 2.75) is 82.1 Å². The van der Waals surface area contributed by atoms with Gasteiger partial charge in [0.15, 0.2) is 24.8 Å². The quantitative estimate of drug-likeness (QED) is 0.161. The Hall–Kier alpha value is -3.51. The van der Waals surface area contributed by atoms with Gasteiger partial charge < -0.3 is 48.5 Å². The number of benzene rings is 1. The number of hydrogen-bond acceptors (Lipinski definition) is 15. The second-order valence-electron chi connectivity index (χ2n) is 10.1. The Balaban J connectivity index is 1.74. The molecule has 236 valence electrons. The van der Waals surface area contributed by atoms with E-state index in [9.17, 15) is 39.3 Å². The molecule has 3 N–H and O–H groups in total. The number of carbonyl (C=O) groups is 5. The monoisotopic (exact) mass is 611 g/mol. The van der Waals surface area contributed by atoms with E-state index in [-0.39, 0.29) is 11.1 Å². The van der Waals surface area contributed by atoms with Crippen LogP contribution >= 0.6 is 0 Å². The molecule has 43 heavy (non-hydrogen) atoms. The summed E-state index contributed by atoms with van der Waals surface area (Å²) >= 11 is 0. The number of fused-ring (bicyclic) bond motifs is 1. The zero-order valence-corrected chi connectivity index (χ0v) is 23.7. The van der Waals surface area contributed by atoms with Gasteiger partial charge in [-0.15, -0.1) is 0 Å². The Kier molecular flexibility index (Phi) is 10.1. The predicted octanol–water partition coefficient (Wildman–Crippen LogP) is -1.73. The minimum Gasteiger partial charge on any atom is -0.463 e. The molecular formula is C27H33NO15. The van der Waals surface area contributed by atoms with Gasteiger partial charge in [0.2, 0.25) is 0 Å². The van der Waals surface area contributed by atoms with Gasteiger partial charge in [-0.2, -0.15) is 0 Å². The molecule has 0 bridgehead atoms. The van der Waals surface area contributed by atoms with Crippen LogP contribution in [0.15, 0.2) is 24.3 Å². The summed E-state index contributed by atoms with van der Waals surface area (Å²) in [5.41, 5.74) is 0.0926. The molecule has 2 fully saturated rings. The largest absolute Gasteiger partial charge is 0.463 e. The molecule has 16 nitrogen and oxygen atoms in total. The van der Waals surface area contributed by atoms with Gasteiger partial charge in [-0.25, -0.2) is 0 Å². The van der Waals surface area contributed by atoms with Crippen molar-refractivity contribution >= 4 is 29.7 Å². The molecule has 2 saturated heterocycles. The summed E-state index contributed by atoms with van der Waals surface area (Å²) in [6, 6.07) is 4.36. The highest BCUT2D eigenvalue weighted by atomic mass is 16.7. The molecule has 3 aliphatic heterocycles. The Morgan fingerprint density at radius 3 is 1.86 bits per heavy atom. The van der Waals surface area contributed by atoms with Crippen LogP contribution < -0.4 is 0 Å². The molecular weight excluding hydrogens is 578 g/mol. The van der Waals surface area contributed by atoms with Crippen LogP contribution in [0.2, 0.25) is 0 Å². The highest BCUT2D eigenvalue weighted by Crippen LogP contribution is 2.36. The van der Waals surface area contributed by atoms with Crippen LogP contribution in [0.1, 0.15) is 41.5 Å². The Bertz CT molecular complexity index is 1200. The van der Waals surface area contributed by atoms with E-state index < -0.39 is 104 Å². The van der Waals surface area contributed by atoms with Crippen LogP contribution in [0, 0.1) is 0 Å². The number of imide groups is 1. The summed E-state index contributed by atoms with van der Waals surface area (Å²) in [6.07, 6.45) is -13.7. The summed E-state index contributed by atoms with van der Waals surface area (Å²) in [4.78, 5) is 63.9. The first-order valence-electron chi connectivity index (χ1n) is 13.3. The number of aliphatic hydroxyl groups is 3. The van der Waals surface area contributed by atoms with Crippen molar-refractivity contribution in [3.05, 3.63) is 35.4 Å². The van der Waals surface area contributed by atoms with Gasteiger partial charge in [0.05, 0.1) is 17.7 Å². The highest BCUT2D eigenvalue weighted by Gasteiger charge is 2.57. The van der Waals surface area contributed by atoms with Crippen molar-refractivity contribution in [2.24, 2.45) is 0 Å². The molecule has 3 heterocycles. The van der Waals surface area contributed by atoms with E-state index in [1.807, 2.05) is 0 Å². The first-order chi connectivity index (χ1) is 20.3. The number of nitrogens with zero attached hydrogens (tertiary/aromatic N) is 1. The SMILES string of the molecule is CO[C@@H]1O[C@H](CO[C@@H]2O[C@H](COC(C)=O)[C@@H](OC(C)=O)[C@H](OC(C)=O)C2N2C(=O)c3ccccc3C2=O)[C@H](O)[C@H](O)[C@H]1O. The molecule has 1 aromatic carbocycles. The van der Waals surface area contributed by atoms with Crippen molar-refractivity contribution in [2.75, 3.05) is 20.3 Å². The fourth-order valence-corrected chi connectivity index (χ4v) is 5.21. The fraction of sp³-hybridized carbons (Fsp3) is 0.593. The lowest BCUT2D eigenvalue weighted by molar-refractivity contribution is -0.320. The van der Waals surface area contributed by atoms with Crippen molar-refractivity contribution < 1.29 is 72.5 Å². The van der Waals surface area contributed by atoms with E-state index in [1.54, 1.807) is 12.1 Å². The number of hydrogen-bond donors (Lipinski definition) is 3. The normalized spacial score (nSPS) is 34.0. The van der Waals surface area contributed by atoms with E-state index in [1.165, 1.54) is 19.2 Å². The zero-order valence-electron chi connectivity index (χ0n) is 23.7. The zero-order chi connectivity index (χ0) is 31.6. The summed E-state index contributed by atoms with van der Waals surface area (Å²) in [5, 5.41) is 30.9. The summed E-state index contributed by atoms with van der Waals surface area (Å²) in [6.45, 7) is 2.16. The van der Waals surface area contributed by atoms with Crippen LogP contribution in [0.25, 0.3) is 0 Å². The lowest BCUT2D eigenvalue weighted by atomic mass is 9.94. The maximum Gasteiger partial charge on any atom is 0.303 e. The summed E-state index contributed by atoms with van der Waals surface area (Å²) in [5.74, 6) is -4.00. The molecule has 16 heteroatoms. The summed E-state index contributed by atoms with van der Waals surface area (Å²) in [7, 11) is 1.21. The van der Waals surface area contributed by atoms with E-state index in [0.717, 1.165) is 25.7 Å². The molecule has 0 aliphatic carbocycles. The number of carbonyl (C=O) groups excluding carboxylic acids is 5. The van der Waals surface area contributed by atoms with E-state index in [4.69, 9.17) is 33.2 Å². The third kappa shape index (κ3) is 6.70.